The first-order chi connectivity index (χ1) is 23.9. The second kappa shape index (κ2) is 19.2. The molecule has 0 saturated carbocycles. The van der Waals surface area contributed by atoms with Gasteiger partial charge in [0.1, 0.15) is 24.1 Å². The van der Waals surface area contributed by atoms with Gasteiger partial charge in [-0.3, -0.25) is 14.4 Å². The number of hydrogen-bond acceptors (Lipinski definition) is 12. The van der Waals surface area contributed by atoms with Gasteiger partial charge in [0, 0.05) is 71.2 Å². The number of halogens is 1. The van der Waals surface area contributed by atoms with Gasteiger partial charge in [-0.1, -0.05) is 18.0 Å². The molecule has 0 unspecified atom stereocenters. The fraction of sp³-hybridized carbons (Fsp3) is 0.735. The molecule has 0 aromatic heterocycles. The van der Waals surface area contributed by atoms with E-state index in [1.54, 1.807) is 13.2 Å². The monoisotopic (exact) mass is 727 g/mol. The average Bonchev–Trinajstić information content (AvgIpc) is 3.62. The van der Waals surface area contributed by atoms with Gasteiger partial charge in [0.15, 0.2) is 0 Å². The lowest BCUT2D eigenvalue weighted by molar-refractivity contribution is -0.132. The molecular formula is C34H54ClN5O10. The van der Waals surface area contributed by atoms with E-state index < -0.39 is 31.0 Å². The van der Waals surface area contributed by atoms with Crippen LogP contribution in [0.15, 0.2) is 6.07 Å². The summed E-state index contributed by atoms with van der Waals surface area (Å²) >= 11 is 6.31. The molecular weight excluding hydrogens is 674 g/mol. The number of amides is 3. The molecule has 3 heterocycles. The number of carbonyl (C=O) groups excluding carboxylic acids is 3. The second-order valence-electron chi connectivity index (χ2n) is 13.6. The third-order valence-electron chi connectivity index (χ3n) is 10.1. The lowest BCUT2D eigenvalue weighted by Crippen LogP contribution is -2.55. The van der Waals surface area contributed by atoms with Crippen LogP contribution in [0.5, 0.6) is 5.75 Å². The van der Waals surface area contributed by atoms with E-state index in [2.05, 4.69) is 15.5 Å². The summed E-state index contributed by atoms with van der Waals surface area (Å²) in [5.74, 6) is 0.491. The van der Waals surface area contributed by atoms with E-state index in [-0.39, 0.29) is 42.8 Å². The lowest BCUT2D eigenvalue weighted by Gasteiger charge is -2.41. The number of aliphatic hydroxyl groups excluding tert-OH is 5. The number of unbranched alkanes of at least 4 members (excludes halogenated alkanes) is 2. The average molecular weight is 728 g/mol. The van der Waals surface area contributed by atoms with Gasteiger partial charge >= 0.3 is 0 Å². The maximum absolute atomic E-state index is 13.3. The number of anilines is 1. The predicted octanol–water partition coefficient (Wildman–Crippen LogP) is -0.583. The number of benzene rings is 1. The van der Waals surface area contributed by atoms with Crippen LogP contribution < -0.4 is 21.1 Å². The van der Waals surface area contributed by atoms with E-state index in [1.165, 1.54) is 0 Å². The SMILES string of the molecule is CO[C@H]1CN(CC2CCN(C(=O)CCCCCC(=O)NC[C@H](O)[C@@H](O)[C@H](O)[C@H](O)CO)CC2)CC[C@H]1NC(=O)c1cc(Cl)c(N)c2c1OCC2. The summed E-state index contributed by atoms with van der Waals surface area (Å²) in [6, 6.07) is 1.41. The van der Waals surface area contributed by atoms with Gasteiger partial charge in [-0.25, -0.2) is 0 Å². The Morgan fingerprint density at radius 1 is 1.04 bits per heavy atom. The minimum Gasteiger partial charge on any atom is -0.492 e. The van der Waals surface area contributed by atoms with Crippen LogP contribution in [0, 0.1) is 5.92 Å². The van der Waals surface area contributed by atoms with Crippen LogP contribution in [-0.4, -0.2) is 149 Å². The van der Waals surface area contributed by atoms with Crippen LogP contribution in [0.4, 0.5) is 5.69 Å². The third-order valence-corrected chi connectivity index (χ3v) is 10.4. The molecule has 6 atom stereocenters. The van der Waals surface area contributed by atoms with E-state index in [0.29, 0.717) is 86.3 Å². The number of piperidine rings is 2. The number of nitrogens with two attached hydrogens (primary N) is 1. The van der Waals surface area contributed by atoms with Crippen molar-refractivity contribution < 1.29 is 49.4 Å². The van der Waals surface area contributed by atoms with Gasteiger partial charge in [0.2, 0.25) is 11.8 Å². The number of fused-ring (bicyclic) bond motifs is 1. The van der Waals surface area contributed by atoms with E-state index in [1.807, 2.05) is 4.90 Å². The molecule has 0 radical (unpaired) electrons. The summed E-state index contributed by atoms with van der Waals surface area (Å²) in [4.78, 5) is 42.5. The molecule has 0 aliphatic carbocycles. The van der Waals surface area contributed by atoms with Crippen LogP contribution in [0.3, 0.4) is 0 Å². The van der Waals surface area contributed by atoms with E-state index in [4.69, 9.17) is 31.9 Å². The second-order valence-corrected chi connectivity index (χ2v) is 14.0. The Morgan fingerprint density at radius 2 is 1.74 bits per heavy atom. The number of hydrogen-bond donors (Lipinski definition) is 8. The molecule has 2 saturated heterocycles. The van der Waals surface area contributed by atoms with Crippen molar-refractivity contribution >= 4 is 35.0 Å². The zero-order chi connectivity index (χ0) is 36.4. The highest BCUT2D eigenvalue weighted by Crippen LogP contribution is 2.38. The number of nitrogens with zero attached hydrogens (tertiary/aromatic N) is 2. The fourth-order valence-corrected chi connectivity index (χ4v) is 7.17. The topological polar surface area (TPSA) is 227 Å². The quantitative estimate of drug-likeness (QED) is 0.0745. The largest absolute Gasteiger partial charge is 0.492 e. The van der Waals surface area contributed by atoms with Crippen molar-refractivity contribution in [3.8, 4) is 5.75 Å². The smallest absolute Gasteiger partial charge is 0.255 e. The molecule has 4 rings (SSSR count). The molecule has 3 aliphatic rings. The predicted molar refractivity (Wildman–Crippen MR) is 185 cm³/mol. The first-order valence-electron chi connectivity index (χ1n) is 17.6. The van der Waals surface area contributed by atoms with Gasteiger partial charge in [0.25, 0.3) is 5.91 Å². The van der Waals surface area contributed by atoms with Crippen LogP contribution >= 0.6 is 11.6 Å². The standard InChI is InChI=1S/C34H54ClN5O10/c1-49-27-18-39(11-9-24(27)38-34(48)22-15-23(35)30(36)21-10-14-50-33(21)22)17-20-7-12-40(13-8-20)29(45)6-4-2-3-5-28(44)37-16-25(42)31(46)32(47)26(43)19-41/h15,20,24-27,31-32,41-43,46-47H,2-14,16-19,36H2,1H3,(H,37,44)(H,38,48)/t24-,25+,26-,27+,31-,32-/m1/s1. The number of nitrogen functional groups attached to an aromatic ring is 1. The van der Waals surface area contributed by atoms with E-state index in [9.17, 15) is 34.8 Å². The van der Waals surface area contributed by atoms with Crippen LogP contribution in [0.1, 0.15) is 67.3 Å². The summed E-state index contributed by atoms with van der Waals surface area (Å²) in [6.07, 6.45) is -1.08. The number of nitrogens with one attached hydrogen (secondary N) is 2. The Hall–Kier alpha value is -2.76. The Morgan fingerprint density at radius 3 is 2.44 bits per heavy atom. The Balaban J connectivity index is 1.09. The van der Waals surface area contributed by atoms with Crippen molar-refractivity contribution in [2.75, 3.05) is 65.3 Å². The van der Waals surface area contributed by atoms with E-state index >= 15 is 0 Å². The summed E-state index contributed by atoms with van der Waals surface area (Å²) in [5, 5.41) is 53.6. The summed E-state index contributed by atoms with van der Waals surface area (Å²) < 4.78 is 11.5. The van der Waals surface area contributed by atoms with Gasteiger partial charge in [-0.15, -0.1) is 0 Å². The molecule has 2 fully saturated rings. The maximum Gasteiger partial charge on any atom is 0.255 e. The summed E-state index contributed by atoms with van der Waals surface area (Å²) in [6.45, 7) is 3.21. The molecule has 0 bridgehead atoms. The Labute approximate surface area is 298 Å². The number of methoxy groups -OCH3 is 1. The van der Waals surface area contributed by atoms with E-state index in [0.717, 1.165) is 37.9 Å². The van der Waals surface area contributed by atoms with Gasteiger partial charge in [0.05, 0.1) is 47.7 Å². The van der Waals surface area contributed by atoms with Crippen molar-refractivity contribution in [2.24, 2.45) is 5.92 Å². The van der Waals surface area contributed by atoms with Crippen LogP contribution in [-0.2, 0) is 20.7 Å². The zero-order valence-electron chi connectivity index (χ0n) is 28.8. The van der Waals surface area contributed by atoms with Crippen molar-refractivity contribution in [1.82, 2.24) is 20.4 Å². The fourth-order valence-electron chi connectivity index (χ4n) is 6.95. The first-order valence-corrected chi connectivity index (χ1v) is 18.0. The number of carbonyl (C=O) groups is 3. The Kier molecular flexibility index (Phi) is 15.4. The van der Waals surface area contributed by atoms with Gasteiger partial charge in [-0.05, 0) is 44.1 Å². The van der Waals surface area contributed by atoms with Gasteiger partial charge in [-0.2, -0.15) is 0 Å². The molecule has 0 spiro atoms. The van der Waals surface area contributed by atoms with Crippen LogP contribution in [0.25, 0.3) is 0 Å². The molecule has 9 N–H and O–H groups in total. The van der Waals surface area contributed by atoms with Crippen molar-refractivity contribution in [3.05, 3.63) is 22.2 Å². The zero-order valence-corrected chi connectivity index (χ0v) is 29.5. The van der Waals surface area contributed by atoms with Gasteiger partial charge < -0.3 is 61.2 Å². The highest BCUT2D eigenvalue weighted by molar-refractivity contribution is 6.33. The first kappa shape index (κ1) is 40.0. The molecule has 3 aliphatic heterocycles. The highest BCUT2D eigenvalue weighted by Gasteiger charge is 2.34. The number of aliphatic hydroxyl groups is 5. The summed E-state index contributed by atoms with van der Waals surface area (Å²) in [5.41, 5.74) is 7.73. The molecule has 3 amide bonds. The number of likely N-dealkylation sites (tertiary alicyclic amines) is 2. The normalized spacial score (nSPS) is 22.3. The van der Waals surface area contributed by atoms with Crippen LogP contribution in [0.2, 0.25) is 5.02 Å². The Bertz CT molecular complexity index is 1300. The molecule has 1 aromatic rings. The van der Waals surface area contributed by atoms with Crippen molar-refractivity contribution in [1.29, 1.82) is 0 Å². The molecule has 1 aromatic carbocycles. The highest BCUT2D eigenvalue weighted by atomic mass is 35.5. The maximum atomic E-state index is 13.3. The molecule has 50 heavy (non-hydrogen) atoms. The number of rotatable bonds is 17. The lowest BCUT2D eigenvalue weighted by atomic mass is 9.93. The summed E-state index contributed by atoms with van der Waals surface area (Å²) in [7, 11) is 1.66. The molecule has 16 heteroatoms. The minimum absolute atomic E-state index is 0.114. The number of ether oxygens (including phenoxy) is 2. The third kappa shape index (κ3) is 10.6. The van der Waals surface area contributed by atoms with Crippen molar-refractivity contribution in [3.63, 3.8) is 0 Å². The van der Waals surface area contributed by atoms with Crippen molar-refractivity contribution in [2.45, 2.75) is 94.3 Å². The molecule has 15 nitrogen and oxygen atoms in total. The molecule has 282 valence electrons. The minimum atomic E-state index is -1.75.